The lowest BCUT2D eigenvalue weighted by Crippen LogP contribution is -2.52. The van der Waals surface area contributed by atoms with Gasteiger partial charge in [0.25, 0.3) is 0 Å². The summed E-state index contributed by atoms with van der Waals surface area (Å²) >= 11 is 0. The van der Waals surface area contributed by atoms with Gasteiger partial charge in [0, 0.05) is 50.7 Å². The number of ether oxygens (including phenoxy) is 1. The van der Waals surface area contributed by atoms with Crippen LogP contribution in [0.5, 0.6) is 0 Å². The number of carbonyl (C=O) groups excluding carboxylic acids is 2. The molecule has 26 heavy (non-hydrogen) atoms. The molecule has 0 radical (unpaired) electrons. The third-order valence-electron chi connectivity index (χ3n) is 7.48. The predicted octanol–water partition coefficient (Wildman–Crippen LogP) is 2.04. The standard InChI is InChI=1S/C20H33N3O3/c1-5-23(13(2)3)18(24)17-15-10-22(11-16(15)17)14-8-20(9-14)6-7-21(12-20)19(25)26-4/h13-17H,5-12H2,1-4H3. The molecule has 4 fully saturated rings. The molecule has 0 aromatic rings. The van der Waals surface area contributed by atoms with E-state index < -0.39 is 0 Å². The van der Waals surface area contributed by atoms with Crippen LogP contribution in [0.15, 0.2) is 0 Å². The number of hydrogen-bond acceptors (Lipinski definition) is 4. The van der Waals surface area contributed by atoms with Gasteiger partial charge in [0.15, 0.2) is 0 Å². The fraction of sp³-hybridized carbons (Fsp3) is 0.900. The average molecular weight is 364 g/mol. The highest BCUT2D eigenvalue weighted by Gasteiger charge is 2.62. The Bertz CT molecular complexity index is 575. The summed E-state index contributed by atoms with van der Waals surface area (Å²) < 4.78 is 4.86. The van der Waals surface area contributed by atoms with Crippen molar-refractivity contribution in [2.24, 2.45) is 23.2 Å². The molecule has 4 rings (SSSR count). The first-order valence-corrected chi connectivity index (χ1v) is 10.3. The monoisotopic (exact) mass is 363 g/mol. The summed E-state index contributed by atoms with van der Waals surface area (Å²) in [4.78, 5) is 31.0. The van der Waals surface area contributed by atoms with Gasteiger partial charge in [-0.1, -0.05) is 0 Å². The number of likely N-dealkylation sites (tertiary alicyclic amines) is 2. The van der Waals surface area contributed by atoms with Gasteiger partial charge >= 0.3 is 6.09 Å². The molecule has 146 valence electrons. The first-order chi connectivity index (χ1) is 12.4. The van der Waals surface area contributed by atoms with Crippen LogP contribution in [0.4, 0.5) is 4.79 Å². The third kappa shape index (κ3) is 2.81. The summed E-state index contributed by atoms with van der Waals surface area (Å²) in [6, 6.07) is 0.958. The summed E-state index contributed by atoms with van der Waals surface area (Å²) in [7, 11) is 1.46. The Morgan fingerprint density at radius 3 is 2.42 bits per heavy atom. The van der Waals surface area contributed by atoms with Crippen LogP contribution in [-0.2, 0) is 9.53 Å². The Kier molecular flexibility index (Phi) is 4.45. The zero-order chi connectivity index (χ0) is 18.6. The molecule has 2 heterocycles. The minimum Gasteiger partial charge on any atom is -0.453 e. The lowest BCUT2D eigenvalue weighted by molar-refractivity contribution is -0.135. The van der Waals surface area contributed by atoms with Crippen molar-refractivity contribution in [2.75, 3.05) is 39.8 Å². The second-order valence-electron chi connectivity index (χ2n) is 9.23. The summed E-state index contributed by atoms with van der Waals surface area (Å²) in [6.45, 7) is 11.0. The third-order valence-corrected chi connectivity index (χ3v) is 7.48. The van der Waals surface area contributed by atoms with Gasteiger partial charge < -0.3 is 14.5 Å². The van der Waals surface area contributed by atoms with E-state index >= 15 is 0 Å². The minimum absolute atomic E-state index is 0.181. The molecular formula is C20H33N3O3. The van der Waals surface area contributed by atoms with Crippen molar-refractivity contribution in [3.05, 3.63) is 0 Å². The van der Waals surface area contributed by atoms with Crippen molar-refractivity contribution < 1.29 is 14.3 Å². The van der Waals surface area contributed by atoms with Gasteiger partial charge in [0.1, 0.15) is 0 Å². The van der Waals surface area contributed by atoms with Crippen LogP contribution in [-0.4, -0.2) is 78.6 Å². The van der Waals surface area contributed by atoms with Crippen molar-refractivity contribution in [1.29, 1.82) is 0 Å². The van der Waals surface area contributed by atoms with Crippen LogP contribution in [0, 0.1) is 23.2 Å². The average Bonchev–Trinajstić information content (AvgIpc) is 2.95. The summed E-state index contributed by atoms with van der Waals surface area (Å²) in [5, 5.41) is 0. The van der Waals surface area contributed by atoms with Crippen molar-refractivity contribution >= 4 is 12.0 Å². The Morgan fingerprint density at radius 2 is 1.88 bits per heavy atom. The highest BCUT2D eigenvalue weighted by molar-refractivity contribution is 5.83. The van der Waals surface area contributed by atoms with E-state index in [0.29, 0.717) is 35.2 Å². The van der Waals surface area contributed by atoms with Crippen LogP contribution >= 0.6 is 0 Å². The number of nitrogens with zero attached hydrogens (tertiary/aromatic N) is 3. The zero-order valence-electron chi connectivity index (χ0n) is 16.6. The summed E-state index contributed by atoms with van der Waals surface area (Å²) in [6.07, 6.45) is 3.33. The second-order valence-corrected chi connectivity index (χ2v) is 9.23. The molecule has 6 heteroatoms. The maximum absolute atomic E-state index is 12.7. The molecule has 4 aliphatic rings. The molecule has 1 spiro atoms. The largest absolute Gasteiger partial charge is 0.453 e. The molecule has 0 aromatic carbocycles. The number of fused-ring (bicyclic) bond motifs is 1. The molecule has 2 saturated carbocycles. The van der Waals surface area contributed by atoms with E-state index in [0.717, 1.165) is 39.1 Å². The molecule has 2 unspecified atom stereocenters. The van der Waals surface area contributed by atoms with Crippen LogP contribution in [0.2, 0.25) is 0 Å². The topological polar surface area (TPSA) is 53.1 Å². The second kappa shape index (κ2) is 6.39. The number of rotatable bonds is 4. The van der Waals surface area contributed by atoms with E-state index in [-0.39, 0.29) is 12.0 Å². The number of carbonyl (C=O) groups is 2. The first kappa shape index (κ1) is 18.1. The lowest BCUT2D eigenvalue weighted by Gasteiger charge is -2.49. The fourth-order valence-electron chi connectivity index (χ4n) is 5.94. The van der Waals surface area contributed by atoms with E-state index in [4.69, 9.17) is 4.74 Å². The maximum Gasteiger partial charge on any atom is 0.409 e. The quantitative estimate of drug-likeness (QED) is 0.767. The normalized spacial score (nSPS) is 38.4. The summed E-state index contributed by atoms with van der Waals surface area (Å²) in [5.74, 6) is 1.83. The van der Waals surface area contributed by atoms with Crippen molar-refractivity contribution in [2.45, 2.75) is 52.1 Å². The van der Waals surface area contributed by atoms with Gasteiger partial charge in [-0.05, 0) is 57.3 Å². The van der Waals surface area contributed by atoms with E-state index in [2.05, 4.69) is 25.7 Å². The van der Waals surface area contributed by atoms with Crippen molar-refractivity contribution in [1.82, 2.24) is 14.7 Å². The molecule has 0 N–H and O–H groups in total. The number of methoxy groups -OCH3 is 1. The summed E-state index contributed by atoms with van der Waals surface area (Å²) in [5.41, 5.74) is 0.331. The highest BCUT2D eigenvalue weighted by Crippen LogP contribution is 2.57. The van der Waals surface area contributed by atoms with Crippen LogP contribution in [0.3, 0.4) is 0 Å². The van der Waals surface area contributed by atoms with Crippen LogP contribution in [0.25, 0.3) is 0 Å². The van der Waals surface area contributed by atoms with E-state index in [1.807, 2.05) is 9.80 Å². The Hall–Kier alpha value is -1.30. The molecule has 2 aliphatic carbocycles. The Balaban J connectivity index is 1.25. The fourth-order valence-corrected chi connectivity index (χ4v) is 5.94. The smallest absolute Gasteiger partial charge is 0.409 e. The van der Waals surface area contributed by atoms with Gasteiger partial charge in [0.05, 0.1) is 7.11 Å². The van der Waals surface area contributed by atoms with Gasteiger partial charge in [0.2, 0.25) is 5.91 Å². The van der Waals surface area contributed by atoms with E-state index in [1.165, 1.54) is 20.0 Å². The molecule has 0 aromatic heterocycles. The van der Waals surface area contributed by atoms with E-state index in [9.17, 15) is 9.59 Å². The van der Waals surface area contributed by atoms with Gasteiger partial charge in [-0.25, -0.2) is 4.79 Å². The van der Waals surface area contributed by atoms with Crippen LogP contribution < -0.4 is 0 Å². The van der Waals surface area contributed by atoms with E-state index in [1.54, 1.807) is 0 Å². The van der Waals surface area contributed by atoms with Gasteiger partial charge in [-0.2, -0.15) is 0 Å². The molecule has 2 amide bonds. The van der Waals surface area contributed by atoms with Crippen molar-refractivity contribution in [3.8, 4) is 0 Å². The maximum atomic E-state index is 12.7. The van der Waals surface area contributed by atoms with Gasteiger partial charge in [-0.15, -0.1) is 0 Å². The minimum atomic E-state index is -0.181. The number of piperidine rings is 1. The molecule has 6 nitrogen and oxygen atoms in total. The molecule has 0 bridgehead atoms. The number of hydrogen-bond donors (Lipinski definition) is 0. The lowest BCUT2D eigenvalue weighted by atomic mass is 9.64. The molecule has 2 atom stereocenters. The molecule has 2 saturated heterocycles. The van der Waals surface area contributed by atoms with Crippen molar-refractivity contribution in [3.63, 3.8) is 0 Å². The van der Waals surface area contributed by atoms with Crippen LogP contribution in [0.1, 0.15) is 40.0 Å². The van der Waals surface area contributed by atoms with Gasteiger partial charge in [-0.3, -0.25) is 9.69 Å². The Morgan fingerprint density at radius 1 is 1.23 bits per heavy atom. The zero-order valence-corrected chi connectivity index (χ0v) is 16.6. The number of amides is 2. The molecule has 2 aliphatic heterocycles. The predicted molar refractivity (Wildman–Crippen MR) is 98.6 cm³/mol. The highest BCUT2D eigenvalue weighted by atomic mass is 16.5. The molecular weight excluding hydrogens is 330 g/mol. The Labute approximate surface area is 156 Å². The SMILES string of the molecule is CCN(C(=O)C1C2CN(C3CC4(CCN(C(=O)OC)C4)C3)CC21)C(C)C. The first-order valence-electron chi connectivity index (χ1n) is 10.3.